The second kappa shape index (κ2) is 10.7. The Balaban J connectivity index is 1.27. The Morgan fingerprint density at radius 3 is 2.65 bits per heavy atom. The zero-order valence-corrected chi connectivity index (χ0v) is 23.8. The molecule has 11 nitrogen and oxygen atoms in total. The smallest absolute Gasteiger partial charge is 0.231 e. The van der Waals surface area contributed by atoms with E-state index in [1.807, 2.05) is 19.3 Å². The number of rotatable bonds is 7. The van der Waals surface area contributed by atoms with E-state index in [1.54, 1.807) is 10.9 Å². The van der Waals surface area contributed by atoms with Crippen LogP contribution in [0.5, 0.6) is 0 Å². The van der Waals surface area contributed by atoms with Crippen LogP contribution in [0, 0.1) is 0 Å². The lowest BCUT2D eigenvalue weighted by Crippen LogP contribution is -2.48. The quantitative estimate of drug-likeness (QED) is 0.349. The van der Waals surface area contributed by atoms with Crippen molar-refractivity contribution in [1.82, 2.24) is 39.9 Å². The number of anilines is 2. The van der Waals surface area contributed by atoms with E-state index in [-0.39, 0.29) is 17.5 Å². The minimum absolute atomic E-state index is 0.0414. The molecule has 40 heavy (non-hydrogen) atoms. The van der Waals surface area contributed by atoms with E-state index in [9.17, 15) is 0 Å². The molecule has 2 aliphatic heterocycles. The van der Waals surface area contributed by atoms with Crippen molar-refractivity contribution in [2.75, 3.05) is 25.1 Å². The summed E-state index contributed by atoms with van der Waals surface area (Å²) in [5, 5.41) is 11.4. The van der Waals surface area contributed by atoms with Crippen LogP contribution in [-0.4, -0.2) is 60.4 Å². The van der Waals surface area contributed by atoms with Gasteiger partial charge in [0.2, 0.25) is 5.95 Å². The zero-order chi connectivity index (χ0) is 27.9. The maximum absolute atomic E-state index is 5.81. The molecule has 210 valence electrons. The summed E-state index contributed by atoms with van der Waals surface area (Å²) in [6.07, 6.45) is 6.18. The highest BCUT2D eigenvalue weighted by Crippen LogP contribution is 2.34. The van der Waals surface area contributed by atoms with Crippen molar-refractivity contribution < 1.29 is 9.15 Å². The normalized spacial score (nSPS) is 19.1. The van der Waals surface area contributed by atoms with Crippen LogP contribution in [0.15, 0.2) is 47.5 Å². The first kappa shape index (κ1) is 26.5. The highest BCUT2D eigenvalue weighted by molar-refractivity contribution is 5.60. The Morgan fingerprint density at radius 1 is 1.10 bits per heavy atom. The average molecular weight is 544 g/mol. The standard InChI is InChI=1S/C29H37N9O2/c1-18(24-16-40-27(33-24)29(2,3)4)32-23-8-11-38(21-14-39-15-21)13-20-12-19(6-7-22(20)23)26-30-17-31-28(35-26)34-25-9-10-37(5)36-25/h6-7,9-10,12,16-18,21,23,32H,8,11,13-15H2,1-5H3,(H,30,31,34,35,36)/t18?,23-/m1/s1. The van der Waals surface area contributed by atoms with Gasteiger partial charge in [-0.15, -0.1) is 0 Å². The maximum Gasteiger partial charge on any atom is 0.231 e. The van der Waals surface area contributed by atoms with Crippen molar-refractivity contribution in [2.24, 2.45) is 7.05 Å². The summed E-state index contributed by atoms with van der Waals surface area (Å²) in [6.45, 7) is 11.9. The lowest BCUT2D eigenvalue weighted by molar-refractivity contribution is -0.0678. The number of oxazole rings is 1. The van der Waals surface area contributed by atoms with Gasteiger partial charge in [-0.25, -0.2) is 15.0 Å². The monoisotopic (exact) mass is 543 g/mol. The Morgan fingerprint density at radius 2 is 1.95 bits per heavy atom. The van der Waals surface area contributed by atoms with Gasteiger partial charge in [-0.05, 0) is 30.5 Å². The summed E-state index contributed by atoms with van der Waals surface area (Å²) >= 11 is 0. The molecule has 3 aromatic heterocycles. The zero-order valence-electron chi connectivity index (χ0n) is 23.8. The molecule has 6 rings (SSSR count). The third-order valence-electron chi connectivity index (χ3n) is 7.58. The molecule has 0 spiro atoms. The van der Waals surface area contributed by atoms with Crippen LogP contribution in [-0.2, 0) is 23.7 Å². The third-order valence-corrected chi connectivity index (χ3v) is 7.58. The van der Waals surface area contributed by atoms with E-state index < -0.39 is 0 Å². The molecule has 0 amide bonds. The molecule has 1 unspecified atom stereocenters. The minimum Gasteiger partial charge on any atom is -0.448 e. The van der Waals surface area contributed by atoms with Crippen LogP contribution < -0.4 is 10.6 Å². The summed E-state index contributed by atoms with van der Waals surface area (Å²) in [6, 6.07) is 9.08. The molecule has 2 atom stereocenters. The van der Waals surface area contributed by atoms with Gasteiger partial charge in [-0.1, -0.05) is 32.9 Å². The summed E-state index contributed by atoms with van der Waals surface area (Å²) in [7, 11) is 1.87. The van der Waals surface area contributed by atoms with Crippen LogP contribution in [0.25, 0.3) is 11.4 Å². The van der Waals surface area contributed by atoms with Gasteiger partial charge in [0.1, 0.15) is 12.6 Å². The number of hydrogen-bond donors (Lipinski definition) is 2. The van der Waals surface area contributed by atoms with Crippen LogP contribution >= 0.6 is 0 Å². The van der Waals surface area contributed by atoms with E-state index in [2.05, 4.69) is 81.5 Å². The van der Waals surface area contributed by atoms with Gasteiger partial charge >= 0.3 is 0 Å². The van der Waals surface area contributed by atoms with Gasteiger partial charge in [-0.2, -0.15) is 10.1 Å². The van der Waals surface area contributed by atoms with Crippen LogP contribution in [0.1, 0.15) is 68.9 Å². The molecule has 0 bridgehead atoms. The number of benzene rings is 1. The number of hydrogen-bond acceptors (Lipinski definition) is 10. The van der Waals surface area contributed by atoms with Gasteiger partial charge in [0.05, 0.1) is 31.0 Å². The maximum atomic E-state index is 5.81. The second-order valence-corrected chi connectivity index (χ2v) is 11.8. The molecule has 2 N–H and O–H groups in total. The first-order chi connectivity index (χ1) is 19.2. The number of aromatic nitrogens is 6. The molecule has 1 fully saturated rings. The Kier molecular flexibility index (Phi) is 7.11. The van der Waals surface area contributed by atoms with E-state index in [4.69, 9.17) is 14.1 Å². The van der Waals surface area contributed by atoms with Crippen molar-refractivity contribution in [1.29, 1.82) is 0 Å². The van der Waals surface area contributed by atoms with Gasteiger partial charge in [0.25, 0.3) is 0 Å². The molecular formula is C29H37N9O2. The number of fused-ring (bicyclic) bond motifs is 1. The fourth-order valence-corrected chi connectivity index (χ4v) is 5.20. The molecule has 0 aliphatic carbocycles. The fourth-order valence-electron chi connectivity index (χ4n) is 5.20. The summed E-state index contributed by atoms with van der Waals surface area (Å²) < 4.78 is 13.1. The molecule has 2 aliphatic rings. The SMILES string of the molecule is CC(N[C@@H]1CCN(C2COC2)Cc2cc(-c3ncnc(Nc4ccn(C)n4)n3)ccc21)c1coc(C(C)(C)C)n1. The first-order valence-corrected chi connectivity index (χ1v) is 13.9. The Bertz CT molecular complexity index is 1470. The van der Waals surface area contributed by atoms with E-state index in [0.717, 1.165) is 49.9 Å². The lowest BCUT2D eigenvalue weighted by atomic mass is 9.96. The van der Waals surface area contributed by atoms with Gasteiger partial charge in [0, 0.05) is 49.4 Å². The number of nitrogens with zero attached hydrogens (tertiary/aromatic N) is 7. The average Bonchev–Trinajstić information content (AvgIpc) is 3.51. The Labute approximate surface area is 234 Å². The number of ether oxygens (including phenoxy) is 1. The molecule has 0 saturated carbocycles. The second-order valence-electron chi connectivity index (χ2n) is 11.8. The summed E-state index contributed by atoms with van der Waals surface area (Å²) in [4.78, 5) is 20.8. The fraction of sp³-hybridized carbons (Fsp3) is 0.483. The Hall–Kier alpha value is -3.67. The molecular weight excluding hydrogens is 506 g/mol. The molecule has 5 heterocycles. The third kappa shape index (κ3) is 5.63. The van der Waals surface area contributed by atoms with Crippen LogP contribution in [0.3, 0.4) is 0 Å². The van der Waals surface area contributed by atoms with E-state index in [0.29, 0.717) is 23.6 Å². The summed E-state index contributed by atoms with van der Waals surface area (Å²) in [5.74, 6) is 2.52. The van der Waals surface area contributed by atoms with Gasteiger partial charge < -0.3 is 19.8 Å². The molecule has 0 radical (unpaired) electrons. The molecule has 4 aromatic rings. The highest BCUT2D eigenvalue weighted by atomic mass is 16.5. The predicted octanol–water partition coefficient (Wildman–Crippen LogP) is 4.30. The van der Waals surface area contributed by atoms with Crippen LogP contribution in [0.2, 0.25) is 0 Å². The topological polar surface area (TPSA) is 119 Å². The number of aryl methyl sites for hydroxylation is 1. The summed E-state index contributed by atoms with van der Waals surface area (Å²) in [5.41, 5.74) is 4.31. The largest absolute Gasteiger partial charge is 0.448 e. The van der Waals surface area contributed by atoms with E-state index >= 15 is 0 Å². The molecule has 1 saturated heterocycles. The van der Waals surface area contributed by atoms with Crippen molar-refractivity contribution in [3.05, 3.63) is 65.8 Å². The van der Waals surface area contributed by atoms with Gasteiger partial charge in [-0.3, -0.25) is 9.58 Å². The van der Waals surface area contributed by atoms with Crippen LogP contribution in [0.4, 0.5) is 11.8 Å². The number of nitrogens with one attached hydrogen (secondary N) is 2. The van der Waals surface area contributed by atoms with Crippen molar-refractivity contribution in [3.63, 3.8) is 0 Å². The minimum atomic E-state index is -0.128. The van der Waals surface area contributed by atoms with E-state index in [1.165, 1.54) is 17.5 Å². The van der Waals surface area contributed by atoms with Crippen molar-refractivity contribution in [2.45, 2.75) is 64.2 Å². The molecule has 1 aromatic carbocycles. The first-order valence-electron chi connectivity index (χ1n) is 13.9. The predicted molar refractivity (Wildman–Crippen MR) is 151 cm³/mol. The lowest BCUT2D eigenvalue weighted by Gasteiger charge is -2.36. The van der Waals surface area contributed by atoms with Gasteiger partial charge in [0.15, 0.2) is 17.5 Å². The molecule has 11 heteroatoms. The van der Waals surface area contributed by atoms with Crippen molar-refractivity contribution in [3.8, 4) is 11.4 Å². The van der Waals surface area contributed by atoms with Crippen molar-refractivity contribution >= 4 is 11.8 Å². The highest BCUT2D eigenvalue weighted by Gasteiger charge is 2.32.